The molecule has 7 nitrogen and oxygen atoms in total. The summed E-state index contributed by atoms with van der Waals surface area (Å²) in [6.45, 7) is 5.26. The monoisotopic (exact) mass is 409 g/mol. The molecule has 2 amide bonds. The van der Waals surface area contributed by atoms with Crippen molar-refractivity contribution in [1.82, 2.24) is 5.32 Å². The molecule has 0 aliphatic rings. The highest BCUT2D eigenvalue weighted by Crippen LogP contribution is 2.20. The molecule has 1 atom stereocenters. The Hall–Kier alpha value is -3.53. The first kappa shape index (κ1) is 22.8. The lowest BCUT2D eigenvalue weighted by Gasteiger charge is -2.27. The summed E-state index contributed by atoms with van der Waals surface area (Å²) in [6.07, 6.45) is -0.464. The summed E-state index contributed by atoms with van der Waals surface area (Å²) in [7, 11) is 3.21. The predicted molar refractivity (Wildman–Crippen MR) is 114 cm³/mol. The molecular formula is C23H27N3O4. The molecular weight excluding hydrogens is 382 g/mol. The molecule has 0 aliphatic carbocycles. The number of benzene rings is 2. The van der Waals surface area contributed by atoms with Crippen LogP contribution in [0.25, 0.3) is 0 Å². The summed E-state index contributed by atoms with van der Waals surface area (Å²) in [6, 6.07) is 15.2. The Morgan fingerprint density at radius 2 is 1.83 bits per heavy atom. The lowest BCUT2D eigenvalue weighted by atomic mass is 10.0. The molecule has 0 aliphatic heterocycles. The van der Waals surface area contributed by atoms with E-state index in [1.807, 2.05) is 6.07 Å². The van der Waals surface area contributed by atoms with Crippen LogP contribution in [0.5, 0.6) is 5.75 Å². The molecule has 0 fully saturated rings. The Bertz CT molecular complexity index is 927. The van der Waals surface area contributed by atoms with Gasteiger partial charge in [-0.2, -0.15) is 5.26 Å². The first-order valence-electron chi connectivity index (χ1n) is 9.53. The second-order valence-electron chi connectivity index (χ2n) is 7.81. The maximum Gasteiger partial charge on any atom is 0.408 e. The molecule has 158 valence electrons. The fraction of sp³-hybridized carbons (Fsp3) is 0.348. The molecule has 1 N–H and O–H groups in total. The minimum Gasteiger partial charge on any atom is -0.497 e. The van der Waals surface area contributed by atoms with Gasteiger partial charge in [0, 0.05) is 19.2 Å². The third kappa shape index (κ3) is 6.52. The minimum atomic E-state index is -0.874. The molecule has 0 spiro atoms. The van der Waals surface area contributed by atoms with Gasteiger partial charge in [0.25, 0.3) is 0 Å². The van der Waals surface area contributed by atoms with Crippen molar-refractivity contribution in [3.05, 3.63) is 59.7 Å². The highest BCUT2D eigenvalue weighted by atomic mass is 16.6. The summed E-state index contributed by atoms with van der Waals surface area (Å²) in [5.74, 6) is 0.365. The van der Waals surface area contributed by atoms with E-state index in [9.17, 15) is 9.59 Å². The average Bonchev–Trinajstić information content (AvgIpc) is 2.71. The number of rotatable bonds is 6. The van der Waals surface area contributed by atoms with Crippen LogP contribution in [0, 0.1) is 11.3 Å². The Labute approximate surface area is 177 Å². The van der Waals surface area contributed by atoms with E-state index in [0.717, 1.165) is 5.56 Å². The molecule has 0 aromatic heterocycles. The van der Waals surface area contributed by atoms with Crippen molar-refractivity contribution in [3.63, 3.8) is 0 Å². The van der Waals surface area contributed by atoms with Gasteiger partial charge < -0.3 is 19.7 Å². The van der Waals surface area contributed by atoms with Crippen LogP contribution < -0.4 is 15.0 Å². The van der Waals surface area contributed by atoms with E-state index < -0.39 is 17.7 Å². The van der Waals surface area contributed by atoms with Crippen LogP contribution in [0.1, 0.15) is 31.9 Å². The zero-order valence-corrected chi connectivity index (χ0v) is 17.9. The number of nitriles is 1. The first-order chi connectivity index (χ1) is 14.1. The average molecular weight is 409 g/mol. The number of carbonyl (C=O) groups excluding carboxylic acids is 2. The number of likely N-dealkylation sites (N-methyl/N-ethyl adjacent to an activating group) is 1. The van der Waals surface area contributed by atoms with Crippen molar-refractivity contribution >= 4 is 17.7 Å². The lowest BCUT2D eigenvalue weighted by molar-refractivity contribution is -0.120. The van der Waals surface area contributed by atoms with Gasteiger partial charge in [-0.25, -0.2) is 4.79 Å². The summed E-state index contributed by atoms with van der Waals surface area (Å²) in [5.41, 5.74) is 1.20. The summed E-state index contributed by atoms with van der Waals surface area (Å²) < 4.78 is 10.5. The van der Waals surface area contributed by atoms with E-state index in [2.05, 4.69) is 11.4 Å². The largest absolute Gasteiger partial charge is 0.497 e. The molecule has 30 heavy (non-hydrogen) atoms. The second-order valence-corrected chi connectivity index (χ2v) is 7.81. The molecule has 0 bridgehead atoms. The number of alkyl carbamates (subject to hydrolysis) is 1. The van der Waals surface area contributed by atoms with E-state index in [1.54, 1.807) is 77.4 Å². The number of nitrogens with one attached hydrogen (secondary N) is 1. The molecule has 2 aromatic rings. The molecule has 0 heterocycles. The van der Waals surface area contributed by atoms with Gasteiger partial charge in [-0.3, -0.25) is 4.79 Å². The maximum atomic E-state index is 13.2. The van der Waals surface area contributed by atoms with E-state index in [0.29, 0.717) is 17.0 Å². The second kappa shape index (κ2) is 9.79. The van der Waals surface area contributed by atoms with E-state index >= 15 is 0 Å². The van der Waals surface area contributed by atoms with Crippen molar-refractivity contribution < 1.29 is 19.1 Å². The van der Waals surface area contributed by atoms with Gasteiger partial charge in [0.15, 0.2) is 0 Å². The van der Waals surface area contributed by atoms with Crippen molar-refractivity contribution in [2.75, 3.05) is 19.1 Å². The van der Waals surface area contributed by atoms with Crippen LogP contribution in [0.15, 0.2) is 48.5 Å². The topological polar surface area (TPSA) is 91.7 Å². The fourth-order valence-electron chi connectivity index (χ4n) is 2.82. The van der Waals surface area contributed by atoms with E-state index in [-0.39, 0.29) is 12.3 Å². The number of hydrogen-bond donors (Lipinski definition) is 1. The molecule has 7 heteroatoms. The third-order valence-electron chi connectivity index (χ3n) is 4.28. The Kier molecular flexibility index (Phi) is 7.43. The Morgan fingerprint density at radius 3 is 2.40 bits per heavy atom. The number of carbonyl (C=O) groups is 2. The lowest BCUT2D eigenvalue weighted by Crippen LogP contribution is -2.50. The quantitative estimate of drug-likeness (QED) is 0.786. The smallest absolute Gasteiger partial charge is 0.408 e. The zero-order chi connectivity index (χ0) is 22.3. The molecule has 0 unspecified atom stereocenters. The van der Waals surface area contributed by atoms with Crippen LogP contribution in [0.2, 0.25) is 0 Å². The standard InChI is InChI=1S/C23H27N3O4/c1-23(2,3)30-22(28)25-20(14-16-7-6-8-17(13-16)15-24)21(27)26(4)18-9-11-19(29-5)12-10-18/h6-13,20H,14H2,1-5H3,(H,25,28)/t20-/m0/s1. The third-order valence-corrected chi connectivity index (χ3v) is 4.28. The zero-order valence-electron chi connectivity index (χ0n) is 17.9. The van der Waals surface area contributed by atoms with Gasteiger partial charge in [0.1, 0.15) is 17.4 Å². The maximum absolute atomic E-state index is 13.2. The number of ether oxygens (including phenoxy) is 2. The van der Waals surface area contributed by atoms with Crippen molar-refractivity contribution in [2.24, 2.45) is 0 Å². The van der Waals surface area contributed by atoms with E-state index in [1.165, 1.54) is 4.90 Å². The summed E-state index contributed by atoms with van der Waals surface area (Å²) >= 11 is 0. The van der Waals surface area contributed by atoms with Crippen molar-refractivity contribution in [1.29, 1.82) is 5.26 Å². The van der Waals surface area contributed by atoms with Gasteiger partial charge >= 0.3 is 6.09 Å². The number of amides is 2. The van der Waals surface area contributed by atoms with E-state index in [4.69, 9.17) is 14.7 Å². The molecule has 0 saturated heterocycles. The number of methoxy groups -OCH3 is 1. The number of anilines is 1. The van der Waals surface area contributed by atoms with Crippen LogP contribution >= 0.6 is 0 Å². The summed E-state index contributed by atoms with van der Waals surface area (Å²) in [4.78, 5) is 27.0. The SMILES string of the molecule is COc1ccc(N(C)C(=O)[C@H](Cc2cccc(C#N)c2)NC(=O)OC(C)(C)C)cc1. The van der Waals surface area contributed by atoms with Gasteiger partial charge in [0.05, 0.1) is 18.7 Å². The van der Waals surface area contributed by atoms with Crippen molar-refractivity contribution in [2.45, 2.75) is 38.8 Å². The molecule has 2 aromatic carbocycles. The van der Waals surface area contributed by atoms with Gasteiger partial charge in [-0.05, 0) is 62.7 Å². The molecule has 0 radical (unpaired) electrons. The normalized spacial score (nSPS) is 11.7. The van der Waals surface area contributed by atoms with Gasteiger partial charge in [-0.15, -0.1) is 0 Å². The van der Waals surface area contributed by atoms with Crippen LogP contribution in [-0.4, -0.2) is 37.8 Å². The van der Waals surface area contributed by atoms with Gasteiger partial charge in [0.2, 0.25) is 5.91 Å². The van der Waals surface area contributed by atoms with Crippen molar-refractivity contribution in [3.8, 4) is 11.8 Å². The van der Waals surface area contributed by atoms with Gasteiger partial charge in [-0.1, -0.05) is 12.1 Å². The fourth-order valence-corrected chi connectivity index (χ4v) is 2.82. The number of hydrogen-bond acceptors (Lipinski definition) is 5. The number of nitrogens with zero attached hydrogens (tertiary/aromatic N) is 2. The Balaban J connectivity index is 2.26. The molecule has 2 rings (SSSR count). The van der Waals surface area contributed by atoms with Crippen LogP contribution in [0.3, 0.4) is 0 Å². The predicted octanol–water partition coefficient (Wildman–Crippen LogP) is 3.67. The highest BCUT2D eigenvalue weighted by molar-refractivity contribution is 5.98. The highest BCUT2D eigenvalue weighted by Gasteiger charge is 2.27. The molecule has 0 saturated carbocycles. The van der Waals surface area contributed by atoms with Crippen LogP contribution in [0.4, 0.5) is 10.5 Å². The summed E-state index contributed by atoms with van der Waals surface area (Å²) in [5, 5.41) is 11.8. The van der Waals surface area contributed by atoms with Crippen LogP contribution in [-0.2, 0) is 16.0 Å². The Morgan fingerprint density at radius 1 is 1.17 bits per heavy atom. The first-order valence-corrected chi connectivity index (χ1v) is 9.53. The minimum absolute atomic E-state index is 0.216.